The van der Waals surface area contributed by atoms with E-state index in [4.69, 9.17) is 4.74 Å². The zero-order valence-corrected chi connectivity index (χ0v) is 9.33. The van der Waals surface area contributed by atoms with Gasteiger partial charge in [-0.3, -0.25) is 0 Å². The molecule has 0 aromatic heterocycles. The van der Waals surface area contributed by atoms with Gasteiger partial charge in [-0.05, 0) is 13.0 Å². The molecule has 0 radical (unpaired) electrons. The van der Waals surface area contributed by atoms with Crippen LogP contribution in [-0.2, 0) is 0 Å². The van der Waals surface area contributed by atoms with Crippen molar-refractivity contribution in [1.29, 1.82) is 0 Å². The molecule has 0 amide bonds. The van der Waals surface area contributed by atoms with Crippen LogP contribution in [-0.4, -0.2) is 0 Å². The van der Waals surface area contributed by atoms with Crippen molar-refractivity contribution < 1.29 is 39.4 Å². The van der Waals surface area contributed by atoms with E-state index in [0.717, 1.165) is 0 Å². The first-order chi connectivity index (χ1) is 5.20. The summed E-state index contributed by atoms with van der Waals surface area (Å²) in [6, 6.07) is 6.50. The largest absolute Gasteiger partial charge is 1.00 e. The summed E-state index contributed by atoms with van der Waals surface area (Å²) >= 11 is 0. The number of para-hydroxylation sites is 2. The van der Waals surface area contributed by atoms with Crippen molar-refractivity contribution in [2.45, 2.75) is 6.92 Å². The second-order valence-electron chi connectivity index (χ2n) is 2.25. The molecule has 58 valence electrons. The van der Waals surface area contributed by atoms with Crippen LogP contribution >= 0.6 is 0 Å². The van der Waals surface area contributed by atoms with E-state index in [1.54, 1.807) is 25.1 Å². The molecule has 0 atom stereocenters. The van der Waals surface area contributed by atoms with Crippen LogP contribution in [0.15, 0.2) is 36.6 Å². The molecule has 0 aliphatic heterocycles. The average Bonchev–Trinajstić information content (AvgIpc) is 1.93. The van der Waals surface area contributed by atoms with Gasteiger partial charge >= 0.3 is 29.6 Å². The first-order valence-electron chi connectivity index (χ1n) is 3.29. The molecule has 0 bridgehead atoms. The van der Waals surface area contributed by atoms with Gasteiger partial charge in [-0.2, -0.15) is 0 Å². The maximum absolute atomic E-state index is 11.0. The Morgan fingerprint density at radius 1 is 1.42 bits per heavy atom. The van der Waals surface area contributed by atoms with E-state index < -0.39 is 0 Å². The number of allylic oxidation sites excluding steroid dienone is 1. The predicted octanol–water partition coefficient (Wildman–Crippen LogP) is -1.32. The molecule has 2 nitrogen and oxygen atoms in total. The molecular formula is C9H9NaO2. The summed E-state index contributed by atoms with van der Waals surface area (Å²) in [6.45, 7) is 5.23. The van der Waals surface area contributed by atoms with Crippen LogP contribution in [0.25, 0.3) is 0 Å². The molecule has 0 N–H and O–H groups in total. The minimum Gasteiger partial charge on any atom is -0.870 e. The summed E-state index contributed by atoms with van der Waals surface area (Å²) in [6.07, 6.45) is 0. The molecule has 3 heteroatoms. The molecule has 1 aromatic rings. The Kier molecular flexibility index (Phi) is 5.06. The quantitative estimate of drug-likeness (QED) is 0.409. The molecule has 0 saturated carbocycles. The van der Waals surface area contributed by atoms with Crippen molar-refractivity contribution in [3.05, 3.63) is 36.6 Å². The van der Waals surface area contributed by atoms with Crippen molar-refractivity contribution in [3.8, 4) is 11.5 Å². The van der Waals surface area contributed by atoms with Gasteiger partial charge in [0.2, 0.25) is 0 Å². The Balaban J connectivity index is 0.00000121. The molecular weight excluding hydrogens is 163 g/mol. The van der Waals surface area contributed by atoms with Gasteiger partial charge in [0.15, 0.2) is 0 Å². The molecule has 0 aliphatic rings. The summed E-state index contributed by atoms with van der Waals surface area (Å²) in [7, 11) is 0. The van der Waals surface area contributed by atoms with Gasteiger partial charge in [-0.1, -0.05) is 30.5 Å². The maximum Gasteiger partial charge on any atom is 1.00 e. The topological polar surface area (TPSA) is 32.3 Å². The summed E-state index contributed by atoms with van der Waals surface area (Å²) < 4.78 is 5.04. The maximum atomic E-state index is 11.0. The Morgan fingerprint density at radius 3 is 2.50 bits per heavy atom. The summed E-state index contributed by atoms with van der Waals surface area (Å²) in [5.74, 6) is 0.740. The summed E-state index contributed by atoms with van der Waals surface area (Å²) in [5.41, 5.74) is 0. The Hall–Kier alpha value is -0.440. The second-order valence-corrected chi connectivity index (χ2v) is 2.25. The normalized spacial score (nSPS) is 8.42. The van der Waals surface area contributed by atoms with Gasteiger partial charge in [-0.25, -0.2) is 0 Å². The zero-order chi connectivity index (χ0) is 8.27. The minimum absolute atomic E-state index is 0. The summed E-state index contributed by atoms with van der Waals surface area (Å²) in [5, 5.41) is 11.0. The van der Waals surface area contributed by atoms with Crippen LogP contribution in [0.2, 0.25) is 0 Å². The van der Waals surface area contributed by atoms with E-state index in [0.29, 0.717) is 11.5 Å². The van der Waals surface area contributed by atoms with E-state index in [1.165, 1.54) is 6.07 Å². The molecule has 12 heavy (non-hydrogen) atoms. The SMILES string of the molecule is C=C(C)Oc1ccccc1[O-].[Na+]. The van der Waals surface area contributed by atoms with E-state index in [-0.39, 0.29) is 35.3 Å². The first kappa shape index (κ1) is 11.6. The van der Waals surface area contributed by atoms with E-state index in [1.807, 2.05) is 0 Å². The Bertz CT molecular complexity index is 271. The van der Waals surface area contributed by atoms with Gasteiger partial charge in [0.25, 0.3) is 0 Å². The van der Waals surface area contributed by atoms with Crippen LogP contribution in [0.4, 0.5) is 0 Å². The molecule has 0 spiro atoms. The van der Waals surface area contributed by atoms with Crippen LogP contribution in [0, 0.1) is 0 Å². The predicted molar refractivity (Wildman–Crippen MR) is 41.3 cm³/mol. The van der Waals surface area contributed by atoms with Crippen molar-refractivity contribution in [1.82, 2.24) is 0 Å². The van der Waals surface area contributed by atoms with Gasteiger partial charge in [0.1, 0.15) is 5.75 Å². The van der Waals surface area contributed by atoms with Crippen LogP contribution in [0.1, 0.15) is 6.92 Å². The van der Waals surface area contributed by atoms with Crippen molar-refractivity contribution in [2.75, 3.05) is 0 Å². The van der Waals surface area contributed by atoms with E-state index in [9.17, 15) is 5.11 Å². The summed E-state index contributed by atoms with van der Waals surface area (Å²) in [4.78, 5) is 0. The van der Waals surface area contributed by atoms with Crippen LogP contribution < -0.4 is 39.4 Å². The third-order valence-corrected chi connectivity index (χ3v) is 1.13. The fourth-order valence-corrected chi connectivity index (χ4v) is 0.722. The number of rotatable bonds is 2. The smallest absolute Gasteiger partial charge is 0.870 e. The van der Waals surface area contributed by atoms with E-state index >= 15 is 0 Å². The second kappa shape index (κ2) is 5.25. The first-order valence-corrected chi connectivity index (χ1v) is 3.29. The fraction of sp³-hybridized carbons (Fsp3) is 0.111. The molecule has 0 saturated heterocycles. The minimum atomic E-state index is -0.115. The molecule has 0 fully saturated rings. The molecule has 1 aromatic carbocycles. The zero-order valence-electron chi connectivity index (χ0n) is 7.33. The van der Waals surface area contributed by atoms with Crippen molar-refractivity contribution >= 4 is 0 Å². The monoisotopic (exact) mass is 172 g/mol. The van der Waals surface area contributed by atoms with Gasteiger partial charge in [0, 0.05) is 0 Å². The molecule has 1 rings (SSSR count). The van der Waals surface area contributed by atoms with Crippen LogP contribution in [0.5, 0.6) is 11.5 Å². The van der Waals surface area contributed by atoms with Gasteiger partial charge in [-0.15, -0.1) is 0 Å². The van der Waals surface area contributed by atoms with E-state index in [2.05, 4.69) is 6.58 Å². The van der Waals surface area contributed by atoms with Crippen molar-refractivity contribution in [2.24, 2.45) is 0 Å². The third-order valence-electron chi connectivity index (χ3n) is 1.13. The number of hydrogen-bond donors (Lipinski definition) is 0. The van der Waals surface area contributed by atoms with Crippen molar-refractivity contribution in [3.63, 3.8) is 0 Å². The Labute approximate surface area is 94.2 Å². The standard InChI is InChI=1S/C9H10O2.Na/c1-7(2)11-9-6-4-3-5-8(9)10;/h3-6,10H,1H2,2H3;/q;+1/p-1. The molecule has 0 unspecified atom stereocenters. The molecule has 0 heterocycles. The number of hydrogen-bond acceptors (Lipinski definition) is 2. The third kappa shape index (κ3) is 3.30. The number of benzene rings is 1. The number of ether oxygens (including phenoxy) is 1. The van der Waals surface area contributed by atoms with Crippen LogP contribution in [0.3, 0.4) is 0 Å². The van der Waals surface area contributed by atoms with Gasteiger partial charge < -0.3 is 9.84 Å². The average molecular weight is 172 g/mol. The molecule has 0 aliphatic carbocycles. The fourth-order valence-electron chi connectivity index (χ4n) is 0.722. The van der Waals surface area contributed by atoms with Gasteiger partial charge in [0.05, 0.1) is 5.76 Å². The Morgan fingerprint density at radius 2 is 2.00 bits per heavy atom.